The summed E-state index contributed by atoms with van der Waals surface area (Å²) in [6.07, 6.45) is 2.99. The van der Waals surface area contributed by atoms with Gasteiger partial charge in [-0.1, -0.05) is 30.3 Å². The molecule has 0 radical (unpaired) electrons. The zero-order valence-corrected chi connectivity index (χ0v) is 14.0. The van der Waals surface area contributed by atoms with E-state index in [0.717, 1.165) is 31.4 Å². The number of likely N-dealkylation sites (N-methyl/N-ethyl adjacent to an activating group) is 1. The lowest BCUT2D eigenvalue weighted by atomic mass is 9.85. The zero-order chi connectivity index (χ0) is 16.9. The van der Waals surface area contributed by atoms with Gasteiger partial charge in [0.1, 0.15) is 6.61 Å². The highest BCUT2D eigenvalue weighted by molar-refractivity contribution is 5.76. The van der Waals surface area contributed by atoms with Crippen LogP contribution in [0.2, 0.25) is 0 Å². The van der Waals surface area contributed by atoms with Crippen molar-refractivity contribution in [2.75, 3.05) is 13.6 Å². The van der Waals surface area contributed by atoms with E-state index < -0.39 is 0 Å². The van der Waals surface area contributed by atoms with Crippen molar-refractivity contribution in [3.8, 4) is 0 Å². The van der Waals surface area contributed by atoms with Crippen molar-refractivity contribution in [1.29, 1.82) is 0 Å². The van der Waals surface area contributed by atoms with Crippen molar-refractivity contribution < 1.29 is 14.3 Å². The van der Waals surface area contributed by atoms with Crippen LogP contribution in [0, 0.1) is 0 Å². The number of likely N-dealkylation sites (tertiary alicyclic amines) is 1. The summed E-state index contributed by atoms with van der Waals surface area (Å²) >= 11 is 0. The summed E-state index contributed by atoms with van der Waals surface area (Å²) in [5, 5.41) is 6.49. The van der Waals surface area contributed by atoms with Gasteiger partial charge < -0.3 is 20.3 Å². The molecular formula is C18H25N3O3. The number of nitrogens with one attached hydrogen (secondary N) is 2. The van der Waals surface area contributed by atoms with Gasteiger partial charge in [-0.2, -0.15) is 0 Å². The van der Waals surface area contributed by atoms with Crippen molar-refractivity contribution in [3.05, 3.63) is 35.9 Å². The minimum atomic E-state index is -0.356. The molecule has 24 heavy (non-hydrogen) atoms. The van der Waals surface area contributed by atoms with Gasteiger partial charge in [0.15, 0.2) is 0 Å². The fraction of sp³-hybridized carbons (Fsp3) is 0.556. The molecule has 6 heteroatoms. The first kappa shape index (κ1) is 16.8. The fourth-order valence-electron chi connectivity index (χ4n) is 3.28. The molecule has 0 aromatic heterocycles. The lowest BCUT2D eigenvalue weighted by Gasteiger charge is -2.40. The fourth-order valence-corrected chi connectivity index (χ4v) is 3.28. The molecule has 2 N–H and O–H groups in total. The Morgan fingerprint density at radius 2 is 1.96 bits per heavy atom. The molecule has 1 unspecified atom stereocenters. The number of ether oxygens (including phenoxy) is 1. The average molecular weight is 331 g/mol. The quantitative estimate of drug-likeness (QED) is 0.861. The lowest BCUT2D eigenvalue weighted by molar-refractivity contribution is -0.132. The number of piperidine rings is 1. The Balaban J connectivity index is 1.31. The lowest BCUT2D eigenvalue weighted by Crippen LogP contribution is -2.57. The van der Waals surface area contributed by atoms with Crippen LogP contribution >= 0.6 is 0 Å². The number of amides is 2. The Labute approximate surface area is 142 Å². The minimum Gasteiger partial charge on any atom is -0.445 e. The van der Waals surface area contributed by atoms with Crippen molar-refractivity contribution >= 4 is 12.0 Å². The van der Waals surface area contributed by atoms with Gasteiger partial charge in [0.05, 0.1) is 0 Å². The Hall–Kier alpha value is -2.08. The summed E-state index contributed by atoms with van der Waals surface area (Å²) in [6, 6.07) is 10.6. The maximum atomic E-state index is 11.8. The summed E-state index contributed by atoms with van der Waals surface area (Å²) in [4.78, 5) is 25.1. The molecular weight excluding hydrogens is 306 g/mol. The van der Waals surface area contributed by atoms with Crippen LogP contribution in [0.1, 0.15) is 31.2 Å². The Kier molecular flexibility index (Phi) is 5.35. The Morgan fingerprint density at radius 1 is 1.21 bits per heavy atom. The number of hydrogen-bond donors (Lipinski definition) is 2. The molecule has 3 rings (SSSR count). The SMILES string of the molecule is CN1CC(NC2CC(NC(=O)OCc3ccccc3)C2)CCC1=O. The molecule has 1 aromatic rings. The van der Waals surface area contributed by atoms with Crippen LogP contribution in [0.3, 0.4) is 0 Å². The van der Waals surface area contributed by atoms with E-state index in [4.69, 9.17) is 4.74 Å². The average Bonchev–Trinajstić information content (AvgIpc) is 2.55. The third-order valence-electron chi connectivity index (χ3n) is 4.77. The smallest absolute Gasteiger partial charge is 0.407 e. The molecule has 130 valence electrons. The topological polar surface area (TPSA) is 70.7 Å². The predicted molar refractivity (Wildman–Crippen MR) is 90.4 cm³/mol. The van der Waals surface area contributed by atoms with Gasteiger partial charge in [0.25, 0.3) is 0 Å². The zero-order valence-electron chi connectivity index (χ0n) is 14.0. The van der Waals surface area contributed by atoms with Gasteiger partial charge >= 0.3 is 6.09 Å². The molecule has 1 aliphatic heterocycles. The second-order valence-electron chi connectivity index (χ2n) is 6.75. The molecule has 1 saturated carbocycles. The normalized spacial score (nSPS) is 26.6. The first-order valence-electron chi connectivity index (χ1n) is 8.57. The molecule has 2 aliphatic rings. The van der Waals surface area contributed by atoms with Gasteiger partial charge in [-0.3, -0.25) is 4.79 Å². The molecule has 1 aliphatic carbocycles. The highest BCUT2D eigenvalue weighted by Crippen LogP contribution is 2.22. The highest BCUT2D eigenvalue weighted by Gasteiger charge is 2.33. The Bertz CT molecular complexity index is 572. The standard InChI is InChI=1S/C18H25N3O3/c1-21-11-14(7-8-17(21)22)19-15-9-16(10-15)20-18(23)24-12-13-5-3-2-4-6-13/h2-6,14-16,19H,7-12H2,1H3,(H,20,23). The number of rotatable bonds is 5. The van der Waals surface area contributed by atoms with Gasteiger partial charge in [-0.05, 0) is 24.8 Å². The molecule has 2 fully saturated rings. The maximum Gasteiger partial charge on any atom is 0.407 e. The number of carbonyl (C=O) groups is 2. The van der Waals surface area contributed by atoms with Crippen LogP contribution in [0.15, 0.2) is 30.3 Å². The van der Waals surface area contributed by atoms with E-state index in [-0.39, 0.29) is 18.0 Å². The van der Waals surface area contributed by atoms with Crippen molar-refractivity contribution in [1.82, 2.24) is 15.5 Å². The number of hydrogen-bond acceptors (Lipinski definition) is 4. The van der Waals surface area contributed by atoms with E-state index in [2.05, 4.69) is 10.6 Å². The van der Waals surface area contributed by atoms with Crippen molar-refractivity contribution in [2.24, 2.45) is 0 Å². The minimum absolute atomic E-state index is 0.175. The van der Waals surface area contributed by atoms with Crippen LogP contribution < -0.4 is 10.6 Å². The van der Waals surface area contributed by atoms with Gasteiger partial charge in [-0.15, -0.1) is 0 Å². The third-order valence-corrected chi connectivity index (χ3v) is 4.77. The van der Waals surface area contributed by atoms with Crippen LogP contribution in [0.4, 0.5) is 4.79 Å². The van der Waals surface area contributed by atoms with Gasteiger partial charge in [0, 0.05) is 38.1 Å². The number of nitrogens with zero attached hydrogens (tertiary/aromatic N) is 1. The molecule has 1 atom stereocenters. The monoisotopic (exact) mass is 331 g/mol. The highest BCUT2D eigenvalue weighted by atomic mass is 16.5. The van der Waals surface area contributed by atoms with Crippen LogP contribution in [-0.4, -0.2) is 48.6 Å². The molecule has 0 bridgehead atoms. The predicted octanol–water partition coefficient (Wildman–Crippen LogP) is 1.65. The van der Waals surface area contributed by atoms with Crippen LogP contribution in [0.25, 0.3) is 0 Å². The second kappa shape index (κ2) is 7.66. The Morgan fingerprint density at radius 3 is 2.67 bits per heavy atom. The first-order chi connectivity index (χ1) is 11.6. The third kappa shape index (κ3) is 4.47. The summed E-state index contributed by atoms with van der Waals surface area (Å²) in [6.45, 7) is 1.07. The summed E-state index contributed by atoms with van der Waals surface area (Å²) < 4.78 is 5.23. The molecule has 1 saturated heterocycles. The van der Waals surface area contributed by atoms with E-state index >= 15 is 0 Å². The first-order valence-corrected chi connectivity index (χ1v) is 8.57. The molecule has 1 heterocycles. The van der Waals surface area contributed by atoms with Gasteiger partial charge in [-0.25, -0.2) is 4.79 Å². The van der Waals surface area contributed by atoms with Crippen molar-refractivity contribution in [2.45, 2.75) is 50.4 Å². The molecule has 0 spiro atoms. The van der Waals surface area contributed by atoms with E-state index in [0.29, 0.717) is 25.1 Å². The largest absolute Gasteiger partial charge is 0.445 e. The van der Waals surface area contributed by atoms with Crippen LogP contribution in [0.5, 0.6) is 0 Å². The second-order valence-corrected chi connectivity index (χ2v) is 6.75. The number of carbonyl (C=O) groups excluding carboxylic acids is 2. The van der Waals surface area contributed by atoms with E-state index in [1.54, 1.807) is 4.90 Å². The molecule has 2 amide bonds. The number of alkyl carbamates (subject to hydrolysis) is 1. The molecule has 6 nitrogen and oxygen atoms in total. The van der Waals surface area contributed by atoms with Gasteiger partial charge in [0.2, 0.25) is 5.91 Å². The summed E-state index contributed by atoms with van der Waals surface area (Å²) in [7, 11) is 1.85. The molecule has 1 aromatic carbocycles. The van der Waals surface area contributed by atoms with E-state index in [1.807, 2.05) is 37.4 Å². The van der Waals surface area contributed by atoms with E-state index in [9.17, 15) is 9.59 Å². The summed E-state index contributed by atoms with van der Waals surface area (Å²) in [5.41, 5.74) is 0.983. The number of benzene rings is 1. The van der Waals surface area contributed by atoms with Crippen molar-refractivity contribution in [3.63, 3.8) is 0 Å². The van der Waals surface area contributed by atoms with Crippen LogP contribution in [-0.2, 0) is 16.1 Å². The summed E-state index contributed by atoms with van der Waals surface area (Å²) in [5.74, 6) is 0.224. The maximum absolute atomic E-state index is 11.8. The van der Waals surface area contributed by atoms with E-state index in [1.165, 1.54) is 0 Å².